The first-order valence-electron chi connectivity index (χ1n) is 5.87. The van der Waals surface area contributed by atoms with Crippen molar-refractivity contribution < 1.29 is 24.2 Å². The normalized spacial score (nSPS) is 12.4. The second-order valence-corrected chi connectivity index (χ2v) is 4.97. The van der Waals surface area contributed by atoms with Crippen LogP contribution in [0.1, 0.15) is 33.6 Å². The molecule has 110 valence electrons. The minimum absolute atomic E-state index is 0.162. The molecule has 8 nitrogen and oxygen atoms in total. The van der Waals surface area contributed by atoms with E-state index in [4.69, 9.17) is 15.6 Å². The highest BCUT2D eigenvalue weighted by Gasteiger charge is 2.23. The number of primary amides is 1. The Hall–Kier alpha value is -1.99. The number of nitrogens with one attached hydrogen (secondary N) is 2. The number of aliphatic carboxylic acids is 1. The summed E-state index contributed by atoms with van der Waals surface area (Å²) in [7, 11) is 0. The zero-order valence-corrected chi connectivity index (χ0v) is 11.4. The quantitative estimate of drug-likeness (QED) is 0.521. The topological polar surface area (TPSA) is 131 Å². The van der Waals surface area contributed by atoms with Crippen molar-refractivity contribution >= 4 is 18.1 Å². The van der Waals surface area contributed by atoms with E-state index in [0.29, 0.717) is 6.42 Å². The molecule has 0 saturated heterocycles. The van der Waals surface area contributed by atoms with E-state index in [0.717, 1.165) is 0 Å². The Labute approximate surface area is 111 Å². The molecule has 1 atom stereocenters. The maximum Gasteiger partial charge on any atom is 0.408 e. The second-order valence-electron chi connectivity index (χ2n) is 4.97. The van der Waals surface area contributed by atoms with Crippen LogP contribution in [-0.4, -0.2) is 41.4 Å². The van der Waals surface area contributed by atoms with Crippen LogP contribution in [0.3, 0.4) is 0 Å². The highest BCUT2D eigenvalue weighted by molar-refractivity contribution is 5.80. The third kappa shape index (κ3) is 9.69. The number of carbonyl (C=O) groups is 3. The van der Waals surface area contributed by atoms with E-state index in [9.17, 15) is 14.4 Å². The van der Waals surface area contributed by atoms with Crippen LogP contribution >= 0.6 is 0 Å². The molecule has 3 amide bonds. The molecular weight excluding hydrogens is 254 g/mol. The molecule has 0 aliphatic carbocycles. The minimum Gasteiger partial charge on any atom is -0.480 e. The van der Waals surface area contributed by atoms with Gasteiger partial charge in [-0.2, -0.15) is 0 Å². The summed E-state index contributed by atoms with van der Waals surface area (Å²) in [6.07, 6.45) is -0.257. The SMILES string of the molecule is CC(C)(C)OC(=O)N[C@H](CCCNC(N)=O)C(=O)O. The number of amides is 3. The molecule has 0 aromatic carbocycles. The zero-order valence-electron chi connectivity index (χ0n) is 11.4. The number of rotatable bonds is 6. The van der Waals surface area contributed by atoms with Crippen LogP contribution in [0.5, 0.6) is 0 Å². The fourth-order valence-electron chi connectivity index (χ4n) is 1.22. The van der Waals surface area contributed by atoms with Crippen molar-refractivity contribution in [2.24, 2.45) is 5.73 Å². The fraction of sp³-hybridized carbons (Fsp3) is 0.727. The van der Waals surface area contributed by atoms with E-state index in [1.54, 1.807) is 20.8 Å². The number of hydrogen-bond acceptors (Lipinski definition) is 4. The molecule has 0 heterocycles. The molecule has 19 heavy (non-hydrogen) atoms. The molecule has 0 fully saturated rings. The number of hydrogen-bond donors (Lipinski definition) is 4. The summed E-state index contributed by atoms with van der Waals surface area (Å²) in [5.74, 6) is -1.16. The molecule has 0 aliphatic rings. The molecule has 0 spiro atoms. The smallest absolute Gasteiger partial charge is 0.408 e. The van der Waals surface area contributed by atoms with Crippen LogP contribution in [0.25, 0.3) is 0 Å². The van der Waals surface area contributed by atoms with Gasteiger partial charge in [0.2, 0.25) is 0 Å². The summed E-state index contributed by atoms with van der Waals surface area (Å²) < 4.78 is 4.96. The zero-order chi connectivity index (χ0) is 15.1. The summed E-state index contributed by atoms with van der Waals surface area (Å²) in [6.45, 7) is 5.28. The van der Waals surface area contributed by atoms with E-state index < -0.39 is 29.7 Å². The first-order valence-corrected chi connectivity index (χ1v) is 5.87. The maximum atomic E-state index is 11.4. The Kier molecular flexibility index (Phi) is 6.67. The van der Waals surface area contributed by atoms with E-state index in [1.807, 2.05) is 0 Å². The molecule has 8 heteroatoms. The molecule has 0 radical (unpaired) electrons. The average Bonchev–Trinajstić information content (AvgIpc) is 2.19. The number of carboxylic acids is 1. The molecule has 0 rings (SSSR count). The molecule has 0 bridgehead atoms. The third-order valence-corrected chi connectivity index (χ3v) is 1.96. The Morgan fingerprint density at radius 2 is 1.89 bits per heavy atom. The van der Waals surface area contributed by atoms with Crippen molar-refractivity contribution in [1.82, 2.24) is 10.6 Å². The van der Waals surface area contributed by atoms with Gasteiger partial charge >= 0.3 is 18.1 Å². The molecular formula is C11H21N3O5. The summed E-state index contributed by atoms with van der Waals surface area (Å²) in [4.78, 5) is 32.8. The van der Waals surface area contributed by atoms with Crippen molar-refractivity contribution in [1.29, 1.82) is 0 Å². The molecule has 0 aromatic heterocycles. The lowest BCUT2D eigenvalue weighted by Crippen LogP contribution is -2.43. The predicted molar refractivity (Wildman–Crippen MR) is 67.6 cm³/mol. The molecule has 0 aromatic rings. The summed E-state index contributed by atoms with van der Waals surface area (Å²) in [5.41, 5.74) is 4.17. The number of carboxylic acid groups (broad SMARTS) is 1. The Bertz CT molecular complexity index is 338. The lowest BCUT2D eigenvalue weighted by Gasteiger charge is -2.22. The number of alkyl carbamates (subject to hydrolysis) is 1. The van der Waals surface area contributed by atoms with Crippen LogP contribution in [0.15, 0.2) is 0 Å². The summed E-state index contributed by atoms with van der Waals surface area (Å²) >= 11 is 0. The molecule has 0 unspecified atom stereocenters. The van der Waals surface area contributed by atoms with E-state index in [-0.39, 0.29) is 13.0 Å². The van der Waals surface area contributed by atoms with Crippen LogP contribution in [0.4, 0.5) is 9.59 Å². The van der Waals surface area contributed by atoms with Gasteiger partial charge in [0, 0.05) is 6.54 Å². The van der Waals surface area contributed by atoms with Gasteiger partial charge in [0.1, 0.15) is 11.6 Å². The van der Waals surface area contributed by atoms with Gasteiger partial charge in [0.05, 0.1) is 0 Å². The van der Waals surface area contributed by atoms with Gasteiger partial charge in [-0.3, -0.25) is 0 Å². The van der Waals surface area contributed by atoms with Crippen molar-refractivity contribution in [2.45, 2.75) is 45.3 Å². The monoisotopic (exact) mass is 275 g/mol. The van der Waals surface area contributed by atoms with Gasteiger partial charge in [-0.05, 0) is 33.6 Å². The summed E-state index contributed by atoms with van der Waals surface area (Å²) in [6, 6.07) is -1.74. The van der Waals surface area contributed by atoms with Gasteiger partial charge in [-0.15, -0.1) is 0 Å². The predicted octanol–water partition coefficient (Wildman–Crippen LogP) is 0.413. The highest BCUT2D eigenvalue weighted by Crippen LogP contribution is 2.07. The first-order chi connectivity index (χ1) is 8.61. The van der Waals surface area contributed by atoms with Crippen molar-refractivity contribution in [3.8, 4) is 0 Å². The lowest BCUT2D eigenvalue weighted by atomic mass is 10.1. The maximum absolute atomic E-state index is 11.4. The van der Waals surface area contributed by atoms with Gasteiger partial charge in [0.15, 0.2) is 0 Å². The van der Waals surface area contributed by atoms with Crippen molar-refractivity contribution in [2.75, 3.05) is 6.54 Å². The van der Waals surface area contributed by atoms with E-state index >= 15 is 0 Å². The highest BCUT2D eigenvalue weighted by atomic mass is 16.6. The van der Waals surface area contributed by atoms with Crippen LogP contribution in [0, 0.1) is 0 Å². The molecule has 5 N–H and O–H groups in total. The Morgan fingerprint density at radius 3 is 2.32 bits per heavy atom. The number of ether oxygens (including phenoxy) is 1. The first kappa shape index (κ1) is 17.0. The molecule has 0 saturated carbocycles. The largest absolute Gasteiger partial charge is 0.480 e. The van der Waals surface area contributed by atoms with E-state index in [2.05, 4.69) is 10.6 Å². The van der Waals surface area contributed by atoms with Crippen molar-refractivity contribution in [3.63, 3.8) is 0 Å². The third-order valence-electron chi connectivity index (χ3n) is 1.96. The Balaban J connectivity index is 4.16. The Morgan fingerprint density at radius 1 is 1.32 bits per heavy atom. The number of carbonyl (C=O) groups excluding carboxylic acids is 2. The lowest BCUT2D eigenvalue weighted by molar-refractivity contribution is -0.139. The van der Waals surface area contributed by atoms with Gasteiger partial charge in [0.25, 0.3) is 0 Å². The summed E-state index contributed by atoms with van der Waals surface area (Å²) in [5, 5.41) is 13.5. The second kappa shape index (κ2) is 7.45. The van der Waals surface area contributed by atoms with Crippen LogP contribution < -0.4 is 16.4 Å². The minimum atomic E-state index is -1.16. The molecule has 0 aliphatic heterocycles. The van der Waals surface area contributed by atoms with Gasteiger partial charge in [-0.25, -0.2) is 14.4 Å². The number of nitrogens with two attached hydrogens (primary N) is 1. The van der Waals surface area contributed by atoms with Gasteiger partial charge < -0.3 is 26.2 Å². The standard InChI is InChI=1S/C11H21N3O5/c1-11(2,3)19-10(18)14-7(8(15)16)5-4-6-13-9(12)17/h7H,4-6H2,1-3H3,(H,14,18)(H,15,16)(H3,12,13,17)/t7-/m1/s1. The van der Waals surface area contributed by atoms with Crippen LogP contribution in [0.2, 0.25) is 0 Å². The van der Waals surface area contributed by atoms with Crippen molar-refractivity contribution in [3.05, 3.63) is 0 Å². The van der Waals surface area contributed by atoms with E-state index in [1.165, 1.54) is 0 Å². The average molecular weight is 275 g/mol. The van der Waals surface area contributed by atoms with Gasteiger partial charge in [-0.1, -0.05) is 0 Å². The number of urea groups is 1. The van der Waals surface area contributed by atoms with Crippen LogP contribution in [-0.2, 0) is 9.53 Å². The fourth-order valence-corrected chi connectivity index (χ4v) is 1.22.